The van der Waals surface area contributed by atoms with Crippen LogP contribution in [0.1, 0.15) is 31.9 Å². The van der Waals surface area contributed by atoms with Gasteiger partial charge in [-0.3, -0.25) is 9.59 Å². The number of hydrogen-bond donors (Lipinski definition) is 3. The second kappa shape index (κ2) is 5.55. The Balaban J connectivity index is 2.65. The summed E-state index contributed by atoms with van der Waals surface area (Å²) in [4.78, 5) is 35.6. The van der Waals surface area contributed by atoms with Crippen LogP contribution in [0.25, 0.3) is 6.08 Å². The smallest absolute Gasteiger partial charge is 0.331 e. The maximum absolute atomic E-state index is 12.4. The Kier molecular flexibility index (Phi) is 4.01. The van der Waals surface area contributed by atoms with Crippen LogP contribution in [0.3, 0.4) is 0 Å². The number of carboxylic acids is 1. The number of carboxylic acid groups (broad SMARTS) is 1. The van der Waals surface area contributed by atoms with Gasteiger partial charge in [0, 0.05) is 19.9 Å². The molecule has 1 saturated heterocycles. The van der Waals surface area contributed by atoms with Crippen LogP contribution in [-0.2, 0) is 29.3 Å². The predicted octanol–water partition coefficient (Wildman–Crippen LogP) is 1.29. The number of cyclic esters (lactones) is 2. The van der Waals surface area contributed by atoms with Crippen LogP contribution >= 0.6 is 0 Å². The lowest BCUT2D eigenvalue weighted by Crippen LogP contribution is -2.55. The first-order chi connectivity index (χ1) is 11.0. The van der Waals surface area contributed by atoms with Gasteiger partial charge >= 0.3 is 17.9 Å². The number of hydrogen-bond acceptors (Lipinski definition) is 7. The number of carbonyl (C=O) groups excluding carboxylic acids is 2. The molecule has 1 heterocycles. The molecule has 3 N–H and O–H groups in total. The highest BCUT2D eigenvalue weighted by atomic mass is 16.7. The van der Waals surface area contributed by atoms with E-state index in [9.17, 15) is 24.6 Å². The van der Waals surface area contributed by atoms with Gasteiger partial charge in [-0.2, -0.15) is 0 Å². The van der Waals surface area contributed by atoms with E-state index in [2.05, 4.69) is 0 Å². The van der Waals surface area contributed by atoms with E-state index in [1.165, 1.54) is 20.8 Å². The lowest BCUT2D eigenvalue weighted by atomic mass is 9.78. The molecule has 0 saturated carbocycles. The van der Waals surface area contributed by atoms with Crippen molar-refractivity contribution in [2.45, 2.75) is 32.0 Å². The van der Waals surface area contributed by atoms with Gasteiger partial charge < -0.3 is 24.8 Å². The normalized spacial score (nSPS) is 19.0. The maximum atomic E-state index is 12.4. The summed E-state index contributed by atoms with van der Waals surface area (Å²) in [6, 6.07) is 2.04. The molecule has 0 amide bonds. The first-order valence-electron chi connectivity index (χ1n) is 6.92. The first kappa shape index (κ1) is 17.3. The lowest BCUT2D eigenvalue weighted by molar-refractivity contribution is -0.242. The van der Waals surface area contributed by atoms with Crippen LogP contribution in [0.2, 0.25) is 0 Å². The molecule has 1 aliphatic rings. The van der Waals surface area contributed by atoms with Crippen molar-refractivity contribution in [2.75, 3.05) is 0 Å². The highest BCUT2D eigenvalue weighted by Gasteiger charge is 2.55. The molecule has 1 fully saturated rings. The Morgan fingerprint density at radius 2 is 1.54 bits per heavy atom. The third-order valence-electron chi connectivity index (χ3n) is 3.58. The maximum Gasteiger partial charge on any atom is 0.331 e. The minimum Gasteiger partial charge on any atom is -0.504 e. The molecule has 0 aliphatic carbocycles. The molecule has 1 aromatic rings. The zero-order valence-corrected chi connectivity index (χ0v) is 13.2. The molecule has 8 nitrogen and oxygen atoms in total. The summed E-state index contributed by atoms with van der Waals surface area (Å²) in [5.41, 5.74) is -1.94. The SMILES string of the molecule is CC1(C)OC(=O)C(C)(c2cc(O)c(O)cc2C=CC(=O)O)C(=O)O1. The number of phenols is 2. The van der Waals surface area contributed by atoms with Crippen molar-refractivity contribution in [3.8, 4) is 11.5 Å². The molecular weight excluding hydrogens is 320 g/mol. The Bertz CT molecular complexity index is 740. The van der Waals surface area contributed by atoms with Gasteiger partial charge in [0.2, 0.25) is 0 Å². The molecule has 2 rings (SSSR count). The molecule has 0 aromatic heterocycles. The van der Waals surface area contributed by atoms with Gasteiger partial charge in [-0.25, -0.2) is 4.79 Å². The average Bonchev–Trinajstić information content (AvgIpc) is 2.44. The number of rotatable bonds is 3. The molecule has 1 aliphatic heterocycles. The summed E-state index contributed by atoms with van der Waals surface area (Å²) in [7, 11) is 0. The molecule has 128 valence electrons. The Morgan fingerprint density at radius 3 is 2.04 bits per heavy atom. The third-order valence-corrected chi connectivity index (χ3v) is 3.58. The summed E-state index contributed by atoms with van der Waals surface area (Å²) < 4.78 is 10.2. The molecule has 0 spiro atoms. The largest absolute Gasteiger partial charge is 0.504 e. The molecule has 8 heteroatoms. The third kappa shape index (κ3) is 2.90. The zero-order valence-electron chi connectivity index (χ0n) is 13.2. The van der Waals surface area contributed by atoms with E-state index >= 15 is 0 Å². The van der Waals surface area contributed by atoms with Crippen LogP contribution in [-0.4, -0.2) is 39.0 Å². The van der Waals surface area contributed by atoms with Gasteiger partial charge in [-0.05, 0) is 36.3 Å². The van der Waals surface area contributed by atoms with Crippen LogP contribution in [0.5, 0.6) is 11.5 Å². The minimum atomic E-state index is -1.93. The molecule has 0 atom stereocenters. The highest BCUT2D eigenvalue weighted by Crippen LogP contribution is 2.41. The second-order valence-electron chi connectivity index (χ2n) is 5.90. The minimum absolute atomic E-state index is 0.0452. The van der Waals surface area contributed by atoms with Crippen molar-refractivity contribution in [3.63, 3.8) is 0 Å². The number of aromatic hydroxyl groups is 2. The van der Waals surface area contributed by atoms with Crippen LogP contribution in [0, 0.1) is 0 Å². The van der Waals surface area contributed by atoms with Gasteiger partial charge in [-0.15, -0.1) is 0 Å². The van der Waals surface area contributed by atoms with E-state index in [1.807, 2.05) is 0 Å². The van der Waals surface area contributed by atoms with Crippen molar-refractivity contribution in [1.82, 2.24) is 0 Å². The van der Waals surface area contributed by atoms with Crippen LogP contribution in [0.4, 0.5) is 0 Å². The fourth-order valence-corrected chi connectivity index (χ4v) is 2.30. The highest BCUT2D eigenvalue weighted by molar-refractivity contribution is 6.08. The number of ether oxygens (including phenoxy) is 2. The van der Waals surface area contributed by atoms with E-state index in [0.29, 0.717) is 0 Å². The van der Waals surface area contributed by atoms with Gasteiger partial charge in [0.05, 0.1) is 0 Å². The number of benzene rings is 1. The van der Waals surface area contributed by atoms with E-state index in [0.717, 1.165) is 24.3 Å². The van der Waals surface area contributed by atoms with E-state index in [1.54, 1.807) is 0 Å². The molecular formula is C16H16O8. The van der Waals surface area contributed by atoms with Crippen molar-refractivity contribution in [1.29, 1.82) is 0 Å². The number of aliphatic carboxylic acids is 1. The fraction of sp³-hybridized carbons (Fsp3) is 0.312. The van der Waals surface area contributed by atoms with Crippen molar-refractivity contribution >= 4 is 24.0 Å². The Hall–Kier alpha value is -3.03. The average molecular weight is 336 g/mol. The van der Waals surface area contributed by atoms with E-state index < -0.39 is 40.6 Å². The second-order valence-corrected chi connectivity index (χ2v) is 5.90. The van der Waals surface area contributed by atoms with Crippen LogP contribution < -0.4 is 0 Å². The van der Waals surface area contributed by atoms with Crippen molar-refractivity contribution in [3.05, 3.63) is 29.3 Å². The summed E-state index contributed by atoms with van der Waals surface area (Å²) in [5, 5.41) is 28.1. The van der Waals surface area contributed by atoms with Crippen molar-refractivity contribution in [2.24, 2.45) is 0 Å². The molecule has 24 heavy (non-hydrogen) atoms. The van der Waals surface area contributed by atoms with Gasteiger partial charge in [-0.1, -0.05) is 0 Å². The monoisotopic (exact) mass is 336 g/mol. The topological polar surface area (TPSA) is 130 Å². The lowest BCUT2D eigenvalue weighted by Gasteiger charge is -2.39. The number of esters is 2. The van der Waals surface area contributed by atoms with Crippen molar-refractivity contribution < 1.29 is 39.2 Å². The van der Waals surface area contributed by atoms with Gasteiger partial charge in [0.25, 0.3) is 5.79 Å². The summed E-state index contributed by atoms with van der Waals surface area (Å²) in [6.07, 6.45) is 1.85. The van der Waals surface area contributed by atoms with Gasteiger partial charge in [0.15, 0.2) is 16.9 Å². The van der Waals surface area contributed by atoms with Crippen LogP contribution in [0.15, 0.2) is 18.2 Å². The first-order valence-corrected chi connectivity index (χ1v) is 6.92. The predicted molar refractivity (Wildman–Crippen MR) is 80.1 cm³/mol. The number of phenolic OH excluding ortho intramolecular Hbond substituents is 2. The molecule has 0 radical (unpaired) electrons. The van der Waals surface area contributed by atoms with E-state index in [-0.39, 0.29) is 11.1 Å². The summed E-state index contributed by atoms with van der Waals surface area (Å²) >= 11 is 0. The Morgan fingerprint density at radius 1 is 1.04 bits per heavy atom. The standard InChI is InChI=1S/C16H16O8/c1-15(2)23-13(21)16(3,14(22)24-15)9-7-11(18)10(17)6-8(9)4-5-12(19)20/h4-7,17-18H,1-3H3,(H,19,20). The molecule has 0 unspecified atom stereocenters. The zero-order chi connectivity index (χ0) is 18.3. The number of carbonyl (C=O) groups is 3. The quantitative estimate of drug-likeness (QED) is 0.326. The molecule has 0 bridgehead atoms. The summed E-state index contributed by atoms with van der Waals surface area (Å²) in [5.74, 6) is -5.66. The summed E-state index contributed by atoms with van der Waals surface area (Å²) in [6.45, 7) is 4.01. The van der Waals surface area contributed by atoms with Gasteiger partial charge in [0.1, 0.15) is 0 Å². The fourth-order valence-electron chi connectivity index (χ4n) is 2.30. The molecule has 1 aromatic carbocycles. The van der Waals surface area contributed by atoms with E-state index in [4.69, 9.17) is 14.6 Å². The Labute approximate surface area is 136 Å².